The Morgan fingerprint density at radius 3 is 2.88 bits per heavy atom. The molecule has 4 heteroatoms. The fourth-order valence-corrected chi connectivity index (χ4v) is 1.90. The normalized spacial score (nSPS) is 14.7. The first-order chi connectivity index (χ1) is 8.26. The Labute approximate surface area is 103 Å². The summed E-state index contributed by atoms with van der Waals surface area (Å²) < 4.78 is 0. The van der Waals surface area contributed by atoms with Gasteiger partial charge >= 0.3 is 0 Å². The third kappa shape index (κ3) is 2.82. The lowest BCUT2D eigenvalue weighted by Crippen LogP contribution is -2.28. The molecule has 0 atom stereocenters. The third-order valence-corrected chi connectivity index (χ3v) is 3.01. The summed E-state index contributed by atoms with van der Waals surface area (Å²) in [5.74, 6) is 0.838. The van der Waals surface area contributed by atoms with Gasteiger partial charge in [-0.1, -0.05) is 6.08 Å². The van der Waals surface area contributed by atoms with Crippen LogP contribution in [0.1, 0.15) is 24.1 Å². The van der Waals surface area contributed by atoms with Gasteiger partial charge in [-0.15, -0.1) is 6.58 Å². The molecule has 1 aromatic heterocycles. The largest absolute Gasteiger partial charge is 0.334 e. The Morgan fingerprint density at radius 2 is 2.35 bits per heavy atom. The summed E-state index contributed by atoms with van der Waals surface area (Å²) in [5.41, 5.74) is 2.21. The maximum atomic E-state index is 4.60. The van der Waals surface area contributed by atoms with Crippen LogP contribution in [0.2, 0.25) is 0 Å². The Balaban J connectivity index is 2.19. The van der Waals surface area contributed by atoms with Gasteiger partial charge in [0, 0.05) is 36.6 Å². The van der Waals surface area contributed by atoms with Gasteiger partial charge in [0.05, 0.1) is 0 Å². The molecule has 1 aliphatic rings. The molecule has 4 nitrogen and oxygen atoms in total. The Hall–Kier alpha value is -1.42. The molecule has 1 N–H and O–H groups in total. The molecule has 2 rings (SSSR count). The van der Waals surface area contributed by atoms with Crippen LogP contribution in [0.15, 0.2) is 18.9 Å². The van der Waals surface area contributed by atoms with Gasteiger partial charge in [-0.05, 0) is 26.8 Å². The van der Waals surface area contributed by atoms with E-state index in [-0.39, 0.29) is 0 Å². The summed E-state index contributed by atoms with van der Waals surface area (Å²) in [5, 5.41) is 3.12. The fraction of sp³-hybridized carbons (Fsp3) is 0.538. The van der Waals surface area contributed by atoms with Gasteiger partial charge in [0.1, 0.15) is 0 Å². The highest BCUT2D eigenvalue weighted by atomic mass is 15.3. The average molecular weight is 232 g/mol. The van der Waals surface area contributed by atoms with E-state index in [9.17, 15) is 0 Å². The number of hydrogen-bond donors (Lipinski definition) is 1. The second kappa shape index (κ2) is 5.27. The number of aryl methyl sites for hydroxylation is 1. The van der Waals surface area contributed by atoms with Gasteiger partial charge in [-0.25, -0.2) is 9.97 Å². The zero-order valence-corrected chi connectivity index (χ0v) is 10.6. The SMILES string of the molecule is C=CCN(c1ncc(CNC)c(C)n1)C1CC1. The maximum absolute atomic E-state index is 4.60. The van der Waals surface area contributed by atoms with Crippen LogP contribution in [0.3, 0.4) is 0 Å². The highest BCUT2D eigenvalue weighted by molar-refractivity contribution is 5.37. The van der Waals surface area contributed by atoms with Crippen LogP contribution >= 0.6 is 0 Å². The monoisotopic (exact) mass is 232 g/mol. The molecule has 0 aliphatic heterocycles. The highest BCUT2D eigenvalue weighted by Gasteiger charge is 2.30. The second-order valence-corrected chi connectivity index (χ2v) is 4.48. The Kier molecular flexibility index (Phi) is 3.74. The number of rotatable bonds is 6. The van der Waals surface area contributed by atoms with Crippen molar-refractivity contribution in [1.29, 1.82) is 0 Å². The van der Waals surface area contributed by atoms with Crippen LogP contribution < -0.4 is 10.2 Å². The second-order valence-electron chi connectivity index (χ2n) is 4.48. The van der Waals surface area contributed by atoms with Crippen molar-refractivity contribution in [3.63, 3.8) is 0 Å². The standard InChI is InChI=1S/C13H20N4/c1-4-7-17(12-5-6-12)13-15-9-11(8-14-3)10(2)16-13/h4,9,12,14H,1,5-8H2,2-3H3. The first kappa shape index (κ1) is 12.0. The predicted octanol–water partition coefficient (Wildman–Crippen LogP) is 1.66. The van der Waals surface area contributed by atoms with Crippen molar-refractivity contribution in [1.82, 2.24) is 15.3 Å². The van der Waals surface area contributed by atoms with Crippen LogP contribution in [0, 0.1) is 6.92 Å². The molecule has 0 amide bonds. The Bertz CT molecular complexity index is 398. The highest BCUT2D eigenvalue weighted by Crippen LogP contribution is 2.29. The van der Waals surface area contributed by atoms with Crippen molar-refractivity contribution < 1.29 is 0 Å². The van der Waals surface area contributed by atoms with Crippen LogP contribution in [0.5, 0.6) is 0 Å². The summed E-state index contributed by atoms with van der Waals surface area (Å²) >= 11 is 0. The van der Waals surface area contributed by atoms with Crippen molar-refractivity contribution in [2.75, 3.05) is 18.5 Å². The summed E-state index contributed by atoms with van der Waals surface area (Å²) in [7, 11) is 1.93. The molecular weight excluding hydrogens is 212 g/mol. The lowest BCUT2D eigenvalue weighted by atomic mass is 10.2. The average Bonchev–Trinajstić information content (AvgIpc) is 3.13. The maximum Gasteiger partial charge on any atom is 0.226 e. The number of nitrogens with zero attached hydrogens (tertiary/aromatic N) is 3. The molecule has 0 unspecified atom stereocenters. The minimum Gasteiger partial charge on any atom is -0.334 e. The summed E-state index contributed by atoms with van der Waals surface area (Å²) in [6.45, 7) is 7.48. The molecule has 92 valence electrons. The van der Waals surface area contributed by atoms with Crippen molar-refractivity contribution in [2.45, 2.75) is 32.4 Å². The molecule has 0 bridgehead atoms. The minimum absolute atomic E-state index is 0.613. The van der Waals surface area contributed by atoms with Gasteiger partial charge in [0.15, 0.2) is 0 Å². The third-order valence-electron chi connectivity index (χ3n) is 3.01. The molecule has 1 heterocycles. The molecule has 1 fully saturated rings. The molecule has 0 saturated heterocycles. The molecule has 0 spiro atoms. The van der Waals surface area contributed by atoms with Gasteiger partial charge in [-0.3, -0.25) is 0 Å². The number of nitrogens with one attached hydrogen (secondary N) is 1. The van der Waals surface area contributed by atoms with Gasteiger partial charge < -0.3 is 10.2 Å². The van der Waals surface area contributed by atoms with E-state index in [0.717, 1.165) is 30.3 Å². The number of anilines is 1. The van der Waals surface area contributed by atoms with E-state index in [4.69, 9.17) is 0 Å². The molecule has 17 heavy (non-hydrogen) atoms. The number of aromatic nitrogens is 2. The van der Waals surface area contributed by atoms with E-state index in [2.05, 4.69) is 26.8 Å². The first-order valence-electron chi connectivity index (χ1n) is 6.11. The van der Waals surface area contributed by atoms with Crippen LogP contribution in [-0.4, -0.2) is 29.6 Å². The van der Waals surface area contributed by atoms with Gasteiger partial charge in [-0.2, -0.15) is 0 Å². The number of hydrogen-bond acceptors (Lipinski definition) is 4. The molecule has 1 saturated carbocycles. The van der Waals surface area contributed by atoms with Crippen LogP contribution in [0.4, 0.5) is 5.95 Å². The predicted molar refractivity (Wildman–Crippen MR) is 70.1 cm³/mol. The summed E-state index contributed by atoms with van der Waals surface area (Å²) in [6.07, 6.45) is 6.33. The quantitative estimate of drug-likeness (QED) is 0.757. The zero-order valence-electron chi connectivity index (χ0n) is 10.6. The summed E-state index contributed by atoms with van der Waals surface area (Å²) in [4.78, 5) is 11.3. The molecule has 0 radical (unpaired) electrons. The lowest BCUT2D eigenvalue weighted by Gasteiger charge is -2.21. The van der Waals surface area contributed by atoms with Crippen molar-refractivity contribution in [3.05, 3.63) is 30.1 Å². The van der Waals surface area contributed by atoms with Crippen molar-refractivity contribution in [3.8, 4) is 0 Å². The van der Waals surface area contributed by atoms with Gasteiger partial charge in [0.25, 0.3) is 0 Å². The molecular formula is C13H20N4. The van der Waals surface area contributed by atoms with E-state index in [1.54, 1.807) is 0 Å². The van der Waals surface area contributed by atoms with Crippen LogP contribution in [-0.2, 0) is 6.54 Å². The first-order valence-corrected chi connectivity index (χ1v) is 6.11. The van der Waals surface area contributed by atoms with E-state index in [1.165, 1.54) is 12.8 Å². The Morgan fingerprint density at radius 1 is 1.59 bits per heavy atom. The van der Waals surface area contributed by atoms with E-state index >= 15 is 0 Å². The van der Waals surface area contributed by atoms with E-state index in [1.807, 2.05) is 26.2 Å². The zero-order chi connectivity index (χ0) is 12.3. The van der Waals surface area contributed by atoms with Gasteiger partial charge in [0.2, 0.25) is 5.95 Å². The smallest absolute Gasteiger partial charge is 0.226 e. The van der Waals surface area contributed by atoms with Crippen LogP contribution in [0.25, 0.3) is 0 Å². The van der Waals surface area contributed by atoms with Crippen molar-refractivity contribution in [2.24, 2.45) is 0 Å². The fourth-order valence-electron chi connectivity index (χ4n) is 1.90. The lowest BCUT2D eigenvalue weighted by molar-refractivity contribution is 0.773. The molecule has 1 aliphatic carbocycles. The van der Waals surface area contributed by atoms with Crippen molar-refractivity contribution >= 4 is 5.95 Å². The topological polar surface area (TPSA) is 41.1 Å². The van der Waals surface area contributed by atoms with E-state index in [0.29, 0.717) is 6.04 Å². The minimum atomic E-state index is 0.613. The summed E-state index contributed by atoms with van der Waals surface area (Å²) in [6, 6.07) is 0.613. The molecule has 1 aromatic rings. The molecule has 0 aromatic carbocycles. The van der Waals surface area contributed by atoms with E-state index < -0.39 is 0 Å².